The Labute approximate surface area is 120 Å². The number of nitrogens with zero attached hydrogens (tertiary/aromatic N) is 5. The Bertz CT molecular complexity index is 599. The highest BCUT2D eigenvalue weighted by atomic mass is 35.5. The molecule has 8 heteroatoms. The van der Waals surface area contributed by atoms with E-state index in [2.05, 4.69) is 24.9 Å². The third-order valence-corrected chi connectivity index (χ3v) is 3.44. The number of aromatic nitrogens is 5. The lowest BCUT2D eigenvalue weighted by Gasteiger charge is -2.06. The van der Waals surface area contributed by atoms with E-state index in [1.165, 1.54) is 18.9 Å². The van der Waals surface area contributed by atoms with Gasteiger partial charge < -0.3 is 4.74 Å². The average molecular weight is 298 g/mol. The number of ether oxygens (including phenoxy) is 1. The van der Waals surface area contributed by atoms with Crippen LogP contribution in [0.2, 0.25) is 5.28 Å². The fourth-order valence-electron chi connectivity index (χ4n) is 1.32. The van der Waals surface area contributed by atoms with Crippen molar-refractivity contribution in [2.24, 2.45) is 0 Å². The molecule has 2 rings (SSSR count). The van der Waals surface area contributed by atoms with E-state index in [9.17, 15) is 0 Å². The standard InChI is InChI=1S/C11H12ClN5OS/c1-5-6(2)13-10(14-7(5)3)19-11-16-8(12)15-9(17-11)18-4/h1-4H3. The van der Waals surface area contributed by atoms with Crippen molar-refractivity contribution in [3.8, 4) is 6.01 Å². The van der Waals surface area contributed by atoms with Gasteiger partial charge in [0.15, 0.2) is 5.16 Å². The molecule has 2 aromatic rings. The molecule has 0 amide bonds. The second-order valence-electron chi connectivity index (χ2n) is 3.78. The van der Waals surface area contributed by atoms with Crippen LogP contribution in [0.15, 0.2) is 10.3 Å². The van der Waals surface area contributed by atoms with E-state index in [1.807, 2.05) is 20.8 Å². The van der Waals surface area contributed by atoms with Gasteiger partial charge >= 0.3 is 6.01 Å². The van der Waals surface area contributed by atoms with Crippen LogP contribution in [0.25, 0.3) is 0 Å². The Kier molecular flexibility index (Phi) is 4.16. The molecule has 6 nitrogen and oxygen atoms in total. The quantitative estimate of drug-likeness (QED) is 0.805. The van der Waals surface area contributed by atoms with Gasteiger partial charge in [0.1, 0.15) is 0 Å². The minimum Gasteiger partial charge on any atom is -0.467 e. The van der Waals surface area contributed by atoms with Crippen molar-refractivity contribution >= 4 is 23.4 Å². The fraction of sp³-hybridized carbons (Fsp3) is 0.364. The second kappa shape index (κ2) is 5.66. The first-order valence-electron chi connectivity index (χ1n) is 5.45. The van der Waals surface area contributed by atoms with Crippen LogP contribution in [0, 0.1) is 20.8 Å². The minimum atomic E-state index is 0.0786. The number of hydrogen-bond acceptors (Lipinski definition) is 7. The summed E-state index contributed by atoms with van der Waals surface area (Å²) < 4.78 is 4.94. The smallest absolute Gasteiger partial charge is 0.321 e. The van der Waals surface area contributed by atoms with E-state index in [0.717, 1.165) is 17.0 Å². The zero-order valence-electron chi connectivity index (χ0n) is 10.9. The van der Waals surface area contributed by atoms with Gasteiger partial charge in [-0.15, -0.1) is 0 Å². The van der Waals surface area contributed by atoms with E-state index in [-0.39, 0.29) is 11.3 Å². The lowest BCUT2D eigenvalue weighted by molar-refractivity contribution is 0.373. The highest BCUT2D eigenvalue weighted by Gasteiger charge is 2.11. The Morgan fingerprint density at radius 2 is 1.47 bits per heavy atom. The normalized spacial score (nSPS) is 10.6. The van der Waals surface area contributed by atoms with Crippen LogP contribution in [0.5, 0.6) is 6.01 Å². The summed E-state index contributed by atoms with van der Waals surface area (Å²) in [5.41, 5.74) is 2.94. The average Bonchev–Trinajstić information content (AvgIpc) is 2.35. The first kappa shape index (κ1) is 14.0. The predicted molar refractivity (Wildman–Crippen MR) is 71.8 cm³/mol. The van der Waals surface area contributed by atoms with Crippen LogP contribution in [-0.2, 0) is 0 Å². The third kappa shape index (κ3) is 3.30. The molecule has 0 saturated heterocycles. The zero-order valence-corrected chi connectivity index (χ0v) is 12.5. The van der Waals surface area contributed by atoms with Gasteiger partial charge in [0.05, 0.1) is 7.11 Å². The van der Waals surface area contributed by atoms with Crippen LogP contribution in [0.1, 0.15) is 17.0 Å². The molecular formula is C11H12ClN5OS. The van der Waals surface area contributed by atoms with E-state index in [1.54, 1.807) is 0 Å². The summed E-state index contributed by atoms with van der Waals surface area (Å²) in [6.45, 7) is 5.87. The Balaban J connectivity index is 2.33. The van der Waals surface area contributed by atoms with Gasteiger partial charge in [0, 0.05) is 11.4 Å². The Morgan fingerprint density at radius 3 is 2.05 bits per heavy atom. The molecule has 0 saturated carbocycles. The zero-order chi connectivity index (χ0) is 14.0. The molecule has 0 N–H and O–H groups in total. The van der Waals surface area contributed by atoms with Crippen molar-refractivity contribution in [1.82, 2.24) is 24.9 Å². The van der Waals surface area contributed by atoms with Crippen molar-refractivity contribution in [3.63, 3.8) is 0 Å². The lowest BCUT2D eigenvalue weighted by atomic mass is 10.2. The molecular weight excluding hydrogens is 286 g/mol. The van der Waals surface area contributed by atoms with E-state index < -0.39 is 0 Å². The van der Waals surface area contributed by atoms with Crippen molar-refractivity contribution in [2.75, 3.05) is 7.11 Å². The maximum absolute atomic E-state index is 5.79. The number of hydrogen-bond donors (Lipinski definition) is 0. The Morgan fingerprint density at radius 1 is 0.895 bits per heavy atom. The van der Waals surface area contributed by atoms with Gasteiger partial charge in [-0.05, 0) is 49.7 Å². The largest absolute Gasteiger partial charge is 0.467 e. The first-order valence-corrected chi connectivity index (χ1v) is 6.64. The SMILES string of the molecule is COc1nc(Cl)nc(Sc2nc(C)c(C)c(C)n2)n1. The van der Waals surface area contributed by atoms with Gasteiger partial charge in [-0.1, -0.05) is 0 Å². The molecule has 0 atom stereocenters. The fourth-order valence-corrected chi connectivity index (χ4v) is 2.31. The molecule has 0 aromatic carbocycles. The van der Waals surface area contributed by atoms with Crippen LogP contribution >= 0.6 is 23.4 Å². The van der Waals surface area contributed by atoms with Crippen LogP contribution in [0.4, 0.5) is 0 Å². The minimum absolute atomic E-state index is 0.0786. The Hall–Kier alpha value is -1.47. The van der Waals surface area contributed by atoms with E-state index in [0.29, 0.717) is 10.3 Å². The molecule has 100 valence electrons. The molecule has 0 fully saturated rings. The van der Waals surface area contributed by atoms with Crippen LogP contribution < -0.4 is 4.74 Å². The molecule has 0 aliphatic heterocycles. The molecule has 0 radical (unpaired) electrons. The number of methoxy groups -OCH3 is 1. The number of halogens is 1. The van der Waals surface area contributed by atoms with Gasteiger partial charge in [0.25, 0.3) is 0 Å². The highest BCUT2D eigenvalue weighted by Crippen LogP contribution is 2.24. The van der Waals surface area contributed by atoms with Crippen molar-refractivity contribution < 1.29 is 4.74 Å². The van der Waals surface area contributed by atoms with Gasteiger partial charge in [-0.3, -0.25) is 0 Å². The predicted octanol–water partition coefficient (Wildman–Crippen LogP) is 2.40. The highest BCUT2D eigenvalue weighted by molar-refractivity contribution is 7.99. The summed E-state index contributed by atoms with van der Waals surface area (Å²) >= 11 is 7.01. The van der Waals surface area contributed by atoms with Gasteiger partial charge in [0.2, 0.25) is 10.4 Å². The summed E-state index contributed by atoms with van der Waals surface area (Å²) in [4.78, 5) is 20.7. The maximum Gasteiger partial charge on any atom is 0.321 e. The monoisotopic (exact) mass is 297 g/mol. The van der Waals surface area contributed by atoms with Gasteiger partial charge in [-0.2, -0.15) is 15.0 Å². The van der Waals surface area contributed by atoms with Crippen LogP contribution in [0.3, 0.4) is 0 Å². The molecule has 2 aromatic heterocycles. The lowest BCUT2D eigenvalue weighted by Crippen LogP contribution is -2.00. The summed E-state index contributed by atoms with van der Waals surface area (Å²) in [6, 6.07) is 0.169. The van der Waals surface area contributed by atoms with E-state index >= 15 is 0 Å². The summed E-state index contributed by atoms with van der Waals surface area (Å²) in [7, 11) is 1.47. The number of rotatable bonds is 3. The van der Waals surface area contributed by atoms with E-state index in [4.69, 9.17) is 16.3 Å². The summed E-state index contributed by atoms with van der Waals surface area (Å²) in [5, 5.41) is 1.05. The van der Waals surface area contributed by atoms with Crippen molar-refractivity contribution in [2.45, 2.75) is 31.1 Å². The van der Waals surface area contributed by atoms with Crippen molar-refractivity contribution in [1.29, 1.82) is 0 Å². The first-order chi connectivity index (χ1) is 8.99. The molecule has 2 heterocycles. The molecule has 0 spiro atoms. The van der Waals surface area contributed by atoms with Crippen LogP contribution in [-0.4, -0.2) is 32.0 Å². The molecule has 0 bridgehead atoms. The van der Waals surface area contributed by atoms with Crippen molar-refractivity contribution in [3.05, 3.63) is 22.2 Å². The topological polar surface area (TPSA) is 73.7 Å². The maximum atomic E-state index is 5.79. The molecule has 0 aliphatic carbocycles. The molecule has 19 heavy (non-hydrogen) atoms. The molecule has 0 unspecified atom stereocenters. The molecule has 0 aliphatic rings. The summed E-state index contributed by atoms with van der Waals surface area (Å²) in [5.74, 6) is 0. The third-order valence-electron chi connectivity index (χ3n) is 2.54. The summed E-state index contributed by atoms with van der Waals surface area (Å²) in [6.07, 6.45) is 0. The van der Waals surface area contributed by atoms with Gasteiger partial charge in [-0.25, -0.2) is 9.97 Å². The second-order valence-corrected chi connectivity index (χ2v) is 5.05. The number of aryl methyl sites for hydroxylation is 2.